The van der Waals surface area contributed by atoms with Crippen LogP contribution in [0.3, 0.4) is 0 Å². The highest BCUT2D eigenvalue weighted by atomic mass is 16.5. The maximum absolute atomic E-state index is 12.1. The van der Waals surface area contributed by atoms with Gasteiger partial charge in [-0.15, -0.1) is 0 Å². The monoisotopic (exact) mass is 315 g/mol. The third-order valence-electron chi connectivity index (χ3n) is 3.91. The van der Waals surface area contributed by atoms with Gasteiger partial charge in [0.2, 0.25) is 5.91 Å². The molecule has 0 spiro atoms. The van der Waals surface area contributed by atoms with Gasteiger partial charge in [0.25, 0.3) is 0 Å². The third kappa shape index (κ3) is 3.87. The van der Waals surface area contributed by atoms with E-state index in [9.17, 15) is 4.79 Å². The molecule has 1 aliphatic heterocycles. The fourth-order valence-corrected chi connectivity index (χ4v) is 2.47. The van der Waals surface area contributed by atoms with Crippen molar-refractivity contribution in [2.24, 2.45) is 0 Å². The van der Waals surface area contributed by atoms with Crippen molar-refractivity contribution in [3.8, 4) is 0 Å². The van der Waals surface area contributed by atoms with Crippen molar-refractivity contribution in [3.05, 3.63) is 42.4 Å². The molecule has 0 saturated carbocycles. The van der Waals surface area contributed by atoms with E-state index in [0.29, 0.717) is 6.54 Å². The standard InChI is InChI=1S/C16H21N5O2/c1-13(21-6-2-5-19-21)16(22)18-12-14-3-4-15(17-11-14)20-7-9-23-10-8-20/h2-6,11,13H,7-10,12H2,1H3,(H,18,22)/t13-/m0/s1. The molecule has 1 aliphatic rings. The van der Waals surface area contributed by atoms with Crippen LogP contribution in [-0.2, 0) is 16.1 Å². The van der Waals surface area contributed by atoms with Crippen molar-refractivity contribution in [2.75, 3.05) is 31.2 Å². The summed E-state index contributed by atoms with van der Waals surface area (Å²) in [7, 11) is 0. The second-order valence-electron chi connectivity index (χ2n) is 5.50. The Morgan fingerprint density at radius 1 is 1.39 bits per heavy atom. The number of nitrogens with zero attached hydrogens (tertiary/aromatic N) is 4. The maximum atomic E-state index is 12.1. The average molecular weight is 315 g/mol. The quantitative estimate of drug-likeness (QED) is 0.891. The zero-order chi connectivity index (χ0) is 16.1. The predicted molar refractivity (Wildman–Crippen MR) is 86.1 cm³/mol. The molecule has 7 heteroatoms. The molecule has 0 radical (unpaired) electrons. The molecule has 1 saturated heterocycles. The summed E-state index contributed by atoms with van der Waals surface area (Å²) in [5, 5.41) is 7.00. The largest absolute Gasteiger partial charge is 0.378 e. The molecule has 2 aromatic rings. The Balaban J connectivity index is 1.53. The number of carbonyl (C=O) groups excluding carboxylic acids is 1. The maximum Gasteiger partial charge on any atom is 0.244 e. The lowest BCUT2D eigenvalue weighted by molar-refractivity contribution is -0.124. The van der Waals surface area contributed by atoms with Gasteiger partial charge in [-0.25, -0.2) is 4.98 Å². The summed E-state index contributed by atoms with van der Waals surface area (Å²) in [6.45, 7) is 5.49. The van der Waals surface area contributed by atoms with Crippen LogP contribution in [-0.4, -0.2) is 47.0 Å². The molecule has 122 valence electrons. The van der Waals surface area contributed by atoms with Crippen LogP contribution in [0.15, 0.2) is 36.8 Å². The number of nitrogens with one attached hydrogen (secondary N) is 1. The van der Waals surface area contributed by atoms with E-state index in [1.54, 1.807) is 23.1 Å². The molecule has 1 fully saturated rings. The van der Waals surface area contributed by atoms with Crippen molar-refractivity contribution in [3.63, 3.8) is 0 Å². The number of hydrogen-bond donors (Lipinski definition) is 1. The number of rotatable bonds is 5. The van der Waals surface area contributed by atoms with Gasteiger partial charge in [-0.05, 0) is 24.6 Å². The lowest BCUT2D eigenvalue weighted by Gasteiger charge is -2.27. The minimum Gasteiger partial charge on any atom is -0.378 e. The third-order valence-corrected chi connectivity index (χ3v) is 3.91. The van der Waals surface area contributed by atoms with E-state index in [0.717, 1.165) is 37.7 Å². The Kier molecular flexibility index (Phi) is 4.87. The number of aromatic nitrogens is 3. The van der Waals surface area contributed by atoms with Crippen LogP contribution in [0.1, 0.15) is 18.5 Å². The van der Waals surface area contributed by atoms with Crippen LogP contribution in [0, 0.1) is 0 Å². The lowest BCUT2D eigenvalue weighted by atomic mass is 10.2. The molecule has 1 N–H and O–H groups in total. The molecule has 0 unspecified atom stereocenters. The number of morpholine rings is 1. The van der Waals surface area contributed by atoms with Gasteiger partial charge in [0.05, 0.1) is 13.2 Å². The van der Waals surface area contributed by atoms with Crippen LogP contribution in [0.4, 0.5) is 5.82 Å². The summed E-state index contributed by atoms with van der Waals surface area (Å²) in [6, 6.07) is 5.46. The molecular weight excluding hydrogens is 294 g/mol. The number of ether oxygens (including phenoxy) is 1. The van der Waals surface area contributed by atoms with Gasteiger partial charge in [0.1, 0.15) is 11.9 Å². The smallest absolute Gasteiger partial charge is 0.244 e. The minimum atomic E-state index is -0.328. The highest BCUT2D eigenvalue weighted by molar-refractivity contribution is 5.79. The molecule has 23 heavy (non-hydrogen) atoms. The topological polar surface area (TPSA) is 72.3 Å². The Bertz CT molecular complexity index is 620. The first-order valence-electron chi connectivity index (χ1n) is 7.78. The fraction of sp³-hybridized carbons (Fsp3) is 0.438. The van der Waals surface area contributed by atoms with Gasteiger partial charge in [-0.3, -0.25) is 9.48 Å². The average Bonchev–Trinajstić information content (AvgIpc) is 3.15. The molecule has 2 aromatic heterocycles. The van der Waals surface area contributed by atoms with Crippen LogP contribution in [0.25, 0.3) is 0 Å². The predicted octanol–water partition coefficient (Wildman–Crippen LogP) is 0.992. The van der Waals surface area contributed by atoms with Crippen LogP contribution >= 0.6 is 0 Å². The molecule has 0 aromatic carbocycles. The van der Waals surface area contributed by atoms with Gasteiger partial charge in [-0.2, -0.15) is 5.10 Å². The normalized spacial score (nSPS) is 16.1. The second-order valence-corrected chi connectivity index (χ2v) is 5.50. The molecule has 3 rings (SSSR count). The number of hydrogen-bond acceptors (Lipinski definition) is 5. The van der Waals surface area contributed by atoms with Crippen molar-refractivity contribution in [1.82, 2.24) is 20.1 Å². The van der Waals surface area contributed by atoms with Gasteiger partial charge in [-0.1, -0.05) is 6.07 Å². The number of carbonyl (C=O) groups is 1. The molecule has 3 heterocycles. The van der Waals surface area contributed by atoms with Gasteiger partial charge in [0, 0.05) is 38.2 Å². The van der Waals surface area contributed by atoms with E-state index in [1.165, 1.54) is 0 Å². The fourth-order valence-electron chi connectivity index (χ4n) is 2.47. The molecule has 0 aliphatic carbocycles. The summed E-state index contributed by atoms with van der Waals surface area (Å²) in [4.78, 5) is 18.8. The minimum absolute atomic E-state index is 0.0639. The highest BCUT2D eigenvalue weighted by Crippen LogP contribution is 2.13. The molecular formula is C16H21N5O2. The highest BCUT2D eigenvalue weighted by Gasteiger charge is 2.15. The van der Waals surface area contributed by atoms with Crippen molar-refractivity contribution >= 4 is 11.7 Å². The van der Waals surface area contributed by atoms with E-state index >= 15 is 0 Å². The van der Waals surface area contributed by atoms with Crippen LogP contribution < -0.4 is 10.2 Å². The molecule has 1 amide bonds. The summed E-state index contributed by atoms with van der Waals surface area (Å²) >= 11 is 0. The Hall–Kier alpha value is -2.41. The van der Waals surface area contributed by atoms with Gasteiger partial charge < -0.3 is 15.0 Å². The van der Waals surface area contributed by atoms with E-state index in [2.05, 4.69) is 20.3 Å². The first kappa shape index (κ1) is 15.5. The second kappa shape index (κ2) is 7.23. The van der Waals surface area contributed by atoms with Crippen molar-refractivity contribution in [2.45, 2.75) is 19.5 Å². The first-order valence-corrected chi connectivity index (χ1v) is 7.78. The van der Waals surface area contributed by atoms with E-state index in [-0.39, 0.29) is 11.9 Å². The molecule has 7 nitrogen and oxygen atoms in total. The Labute approximate surface area is 135 Å². The summed E-state index contributed by atoms with van der Waals surface area (Å²) in [5.41, 5.74) is 0.975. The number of amides is 1. The zero-order valence-corrected chi connectivity index (χ0v) is 13.2. The summed E-state index contributed by atoms with van der Waals surface area (Å²) in [6.07, 6.45) is 5.25. The van der Waals surface area contributed by atoms with E-state index in [4.69, 9.17) is 4.74 Å². The van der Waals surface area contributed by atoms with Crippen LogP contribution in [0.5, 0.6) is 0 Å². The van der Waals surface area contributed by atoms with E-state index in [1.807, 2.05) is 25.3 Å². The Morgan fingerprint density at radius 2 is 2.22 bits per heavy atom. The van der Waals surface area contributed by atoms with Crippen molar-refractivity contribution < 1.29 is 9.53 Å². The first-order chi connectivity index (χ1) is 11.2. The number of anilines is 1. The molecule has 0 bridgehead atoms. The Morgan fingerprint density at radius 3 is 2.87 bits per heavy atom. The van der Waals surface area contributed by atoms with E-state index < -0.39 is 0 Å². The van der Waals surface area contributed by atoms with Crippen LogP contribution in [0.2, 0.25) is 0 Å². The SMILES string of the molecule is C[C@@H](C(=O)NCc1ccc(N2CCOCC2)nc1)n1cccn1. The van der Waals surface area contributed by atoms with Gasteiger partial charge in [0.15, 0.2) is 0 Å². The summed E-state index contributed by atoms with van der Waals surface area (Å²) in [5.74, 6) is 0.888. The summed E-state index contributed by atoms with van der Waals surface area (Å²) < 4.78 is 6.97. The zero-order valence-electron chi connectivity index (χ0n) is 13.2. The molecule has 1 atom stereocenters. The number of pyridine rings is 1. The van der Waals surface area contributed by atoms with Gasteiger partial charge >= 0.3 is 0 Å². The van der Waals surface area contributed by atoms with Crippen molar-refractivity contribution in [1.29, 1.82) is 0 Å². The lowest BCUT2D eigenvalue weighted by Crippen LogP contribution is -2.36.